The molecule has 9 N–H and O–H groups in total. The Balaban J connectivity index is 2.81. The van der Waals surface area contributed by atoms with Gasteiger partial charge in [0.05, 0.1) is 18.8 Å². The molecule has 4 unspecified atom stereocenters. The average Bonchev–Trinajstić information content (AvgIpc) is 3.13. The number of carbonyl (C=O) groups is 5. The van der Waals surface area contributed by atoms with E-state index in [2.05, 4.69) is 25.9 Å². The first-order valence-electron chi connectivity index (χ1n) is 8.66. The molecule has 1 rings (SSSR count). The maximum Gasteiger partial charge on any atom is 0.325 e. The lowest BCUT2D eigenvalue weighted by Crippen LogP contribution is -2.57. The average molecular weight is 411 g/mol. The van der Waals surface area contributed by atoms with Crippen LogP contribution in [0.25, 0.3) is 0 Å². The predicted molar refractivity (Wildman–Crippen MR) is 98.9 cm³/mol. The SMILES string of the molecule is CC(NC(=O)C(C)NC(=O)C(Cc1cnc[nH]1)NC(=O)C(N)CC(N)=O)C(=O)O. The van der Waals surface area contributed by atoms with Crippen LogP contribution in [0.1, 0.15) is 26.0 Å². The zero-order chi connectivity index (χ0) is 22.1. The third kappa shape index (κ3) is 7.96. The third-order valence-electron chi connectivity index (χ3n) is 3.85. The molecular formula is C16H25N7O6. The second kappa shape index (κ2) is 10.8. The van der Waals surface area contributed by atoms with Crippen molar-refractivity contribution in [3.63, 3.8) is 0 Å². The molecule has 0 saturated heterocycles. The molecule has 0 aliphatic heterocycles. The van der Waals surface area contributed by atoms with Crippen LogP contribution in [0.5, 0.6) is 0 Å². The highest BCUT2D eigenvalue weighted by molar-refractivity contribution is 5.94. The minimum Gasteiger partial charge on any atom is -0.480 e. The van der Waals surface area contributed by atoms with Crippen molar-refractivity contribution < 1.29 is 29.1 Å². The number of nitrogens with zero attached hydrogens (tertiary/aromatic N) is 1. The molecule has 13 nitrogen and oxygen atoms in total. The first-order valence-corrected chi connectivity index (χ1v) is 8.66. The number of carboxylic acids is 1. The monoisotopic (exact) mass is 411 g/mol. The zero-order valence-corrected chi connectivity index (χ0v) is 16.0. The summed E-state index contributed by atoms with van der Waals surface area (Å²) < 4.78 is 0. The fourth-order valence-corrected chi connectivity index (χ4v) is 2.19. The lowest BCUT2D eigenvalue weighted by atomic mass is 10.1. The predicted octanol–water partition coefficient (Wildman–Crippen LogP) is -3.27. The van der Waals surface area contributed by atoms with Gasteiger partial charge in [0, 0.05) is 18.3 Å². The van der Waals surface area contributed by atoms with E-state index in [1.54, 1.807) is 0 Å². The van der Waals surface area contributed by atoms with Gasteiger partial charge in [-0.2, -0.15) is 0 Å². The Morgan fingerprint density at radius 3 is 2.21 bits per heavy atom. The van der Waals surface area contributed by atoms with Gasteiger partial charge >= 0.3 is 5.97 Å². The number of amides is 4. The number of hydrogen-bond donors (Lipinski definition) is 7. The Kier molecular flexibility index (Phi) is 8.73. The van der Waals surface area contributed by atoms with Crippen LogP contribution >= 0.6 is 0 Å². The maximum atomic E-state index is 12.6. The van der Waals surface area contributed by atoms with E-state index >= 15 is 0 Å². The molecule has 29 heavy (non-hydrogen) atoms. The van der Waals surface area contributed by atoms with E-state index in [9.17, 15) is 24.0 Å². The Hall–Kier alpha value is -3.48. The van der Waals surface area contributed by atoms with Gasteiger partial charge < -0.3 is 37.5 Å². The molecule has 0 aromatic carbocycles. The van der Waals surface area contributed by atoms with Gasteiger partial charge in [-0.1, -0.05) is 0 Å². The van der Waals surface area contributed by atoms with Gasteiger partial charge in [0.15, 0.2) is 0 Å². The highest BCUT2D eigenvalue weighted by atomic mass is 16.4. The molecule has 13 heteroatoms. The molecule has 160 valence electrons. The molecule has 0 saturated carbocycles. The number of imidazole rings is 1. The van der Waals surface area contributed by atoms with E-state index in [1.807, 2.05) is 0 Å². The van der Waals surface area contributed by atoms with E-state index in [4.69, 9.17) is 16.6 Å². The molecule has 0 aliphatic rings. The van der Waals surface area contributed by atoms with Gasteiger partial charge in [0.25, 0.3) is 0 Å². The number of aromatic nitrogens is 2. The van der Waals surface area contributed by atoms with Crippen molar-refractivity contribution in [2.75, 3.05) is 0 Å². The number of hydrogen-bond acceptors (Lipinski definition) is 7. The number of carboxylic acid groups (broad SMARTS) is 1. The molecule has 4 atom stereocenters. The third-order valence-corrected chi connectivity index (χ3v) is 3.85. The standard InChI is InChI=1S/C16H25N7O6/c1-7(13(25)22-8(2)16(28)29)21-15(27)11(3-9-5-19-6-20-9)23-14(26)10(17)4-12(18)24/h5-8,10-11H,3-4,17H2,1-2H3,(H2,18,24)(H,19,20)(H,21,27)(H,22,25)(H,23,26)(H,28,29). The number of nitrogens with two attached hydrogens (primary N) is 2. The molecule has 0 fully saturated rings. The van der Waals surface area contributed by atoms with Gasteiger partial charge in [-0.15, -0.1) is 0 Å². The smallest absolute Gasteiger partial charge is 0.325 e. The molecular weight excluding hydrogens is 386 g/mol. The molecule has 4 amide bonds. The van der Waals surface area contributed by atoms with E-state index in [-0.39, 0.29) is 6.42 Å². The number of primary amides is 1. The van der Waals surface area contributed by atoms with Crippen LogP contribution < -0.4 is 27.4 Å². The number of aromatic amines is 1. The number of carbonyl (C=O) groups excluding carboxylic acids is 4. The molecule has 1 aromatic heterocycles. The lowest BCUT2D eigenvalue weighted by Gasteiger charge is -2.22. The molecule has 1 aromatic rings. The highest BCUT2D eigenvalue weighted by Crippen LogP contribution is 2.01. The summed E-state index contributed by atoms with van der Waals surface area (Å²) in [6.07, 6.45) is 2.42. The Morgan fingerprint density at radius 1 is 1.07 bits per heavy atom. The van der Waals surface area contributed by atoms with E-state index < -0.39 is 60.2 Å². The fraction of sp³-hybridized carbons (Fsp3) is 0.500. The van der Waals surface area contributed by atoms with Crippen LogP contribution in [-0.2, 0) is 30.4 Å². The topological polar surface area (TPSA) is 222 Å². The number of nitrogens with one attached hydrogen (secondary N) is 4. The molecule has 0 aliphatic carbocycles. The summed E-state index contributed by atoms with van der Waals surface area (Å²) in [5.41, 5.74) is 11.1. The van der Waals surface area contributed by atoms with Gasteiger partial charge in [0.1, 0.15) is 18.1 Å². The highest BCUT2D eigenvalue weighted by Gasteiger charge is 2.28. The quantitative estimate of drug-likeness (QED) is 0.195. The van der Waals surface area contributed by atoms with Crippen LogP contribution in [0.2, 0.25) is 0 Å². The van der Waals surface area contributed by atoms with Crippen LogP contribution in [0.4, 0.5) is 0 Å². The fourth-order valence-electron chi connectivity index (χ4n) is 2.19. The maximum absolute atomic E-state index is 12.6. The lowest BCUT2D eigenvalue weighted by molar-refractivity contribution is -0.141. The molecule has 0 bridgehead atoms. The summed E-state index contributed by atoms with van der Waals surface area (Å²) in [5.74, 6) is -4.22. The summed E-state index contributed by atoms with van der Waals surface area (Å²) in [4.78, 5) is 65.1. The second-order valence-corrected chi connectivity index (χ2v) is 6.42. The van der Waals surface area contributed by atoms with Gasteiger partial charge in [-0.3, -0.25) is 24.0 Å². The Morgan fingerprint density at radius 2 is 1.69 bits per heavy atom. The van der Waals surface area contributed by atoms with E-state index in [0.29, 0.717) is 5.69 Å². The minimum atomic E-state index is -1.25. The summed E-state index contributed by atoms with van der Waals surface area (Å²) in [7, 11) is 0. The van der Waals surface area contributed by atoms with Crippen LogP contribution in [-0.4, -0.2) is 68.8 Å². The van der Waals surface area contributed by atoms with Crippen molar-refractivity contribution in [2.45, 2.75) is 50.9 Å². The van der Waals surface area contributed by atoms with Crippen LogP contribution in [0, 0.1) is 0 Å². The van der Waals surface area contributed by atoms with Crippen molar-refractivity contribution in [2.24, 2.45) is 11.5 Å². The van der Waals surface area contributed by atoms with Gasteiger partial charge in [-0.25, -0.2) is 4.98 Å². The second-order valence-electron chi connectivity index (χ2n) is 6.42. The summed E-state index contributed by atoms with van der Waals surface area (Å²) in [5, 5.41) is 15.9. The van der Waals surface area contributed by atoms with Crippen LogP contribution in [0.15, 0.2) is 12.5 Å². The number of H-pyrrole nitrogens is 1. The summed E-state index contributed by atoms with van der Waals surface area (Å²) >= 11 is 0. The molecule has 0 radical (unpaired) electrons. The van der Waals surface area contributed by atoms with Crippen molar-refractivity contribution in [3.05, 3.63) is 18.2 Å². The normalized spacial score (nSPS) is 14.7. The Labute approximate surface area is 166 Å². The Bertz CT molecular complexity index is 751. The van der Waals surface area contributed by atoms with Gasteiger partial charge in [-0.05, 0) is 13.8 Å². The van der Waals surface area contributed by atoms with Crippen molar-refractivity contribution in [1.82, 2.24) is 25.9 Å². The first-order chi connectivity index (χ1) is 13.5. The molecule has 0 spiro atoms. The van der Waals surface area contributed by atoms with Crippen LogP contribution in [0.3, 0.4) is 0 Å². The summed E-state index contributed by atoms with van der Waals surface area (Å²) in [6, 6.07) is -4.62. The number of rotatable bonds is 11. The van der Waals surface area contributed by atoms with Crippen molar-refractivity contribution >= 4 is 29.6 Å². The van der Waals surface area contributed by atoms with Crippen molar-refractivity contribution in [3.8, 4) is 0 Å². The summed E-state index contributed by atoms with van der Waals surface area (Å²) in [6.45, 7) is 2.63. The van der Waals surface area contributed by atoms with E-state index in [1.165, 1.54) is 26.4 Å². The zero-order valence-electron chi connectivity index (χ0n) is 16.0. The first kappa shape index (κ1) is 23.6. The molecule has 1 heterocycles. The minimum absolute atomic E-state index is 0.000727. The van der Waals surface area contributed by atoms with E-state index in [0.717, 1.165) is 0 Å². The van der Waals surface area contributed by atoms with Crippen molar-refractivity contribution in [1.29, 1.82) is 0 Å². The van der Waals surface area contributed by atoms with Gasteiger partial charge in [0.2, 0.25) is 23.6 Å². The number of aliphatic carboxylic acids is 1. The largest absolute Gasteiger partial charge is 0.480 e.